The first-order chi connectivity index (χ1) is 9.98. The van der Waals surface area contributed by atoms with E-state index in [0.29, 0.717) is 37.5 Å². The van der Waals surface area contributed by atoms with Gasteiger partial charge in [-0.25, -0.2) is 0 Å². The molecule has 2 N–H and O–H groups in total. The van der Waals surface area contributed by atoms with Crippen molar-refractivity contribution in [3.8, 4) is 0 Å². The summed E-state index contributed by atoms with van der Waals surface area (Å²) >= 11 is 5.87. The van der Waals surface area contributed by atoms with Gasteiger partial charge in [0.1, 0.15) is 0 Å². The van der Waals surface area contributed by atoms with Crippen LogP contribution in [0, 0.1) is 5.41 Å². The van der Waals surface area contributed by atoms with Gasteiger partial charge in [-0.15, -0.1) is 0 Å². The Bertz CT molecular complexity index is 491. The van der Waals surface area contributed by atoms with Crippen molar-refractivity contribution in [2.24, 2.45) is 5.41 Å². The topological polar surface area (TPSA) is 60.8 Å². The van der Waals surface area contributed by atoms with E-state index in [4.69, 9.17) is 11.6 Å². The van der Waals surface area contributed by atoms with Crippen molar-refractivity contribution in [1.82, 2.24) is 4.90 Å². The van der Waals surface area contributed by atoms with E-state index in [2.05, 4.69) is 4.90 Å². The zero-order valence-corrected chi connectivity index (χ0v) is 13.0. The maximum absolute atomic E-state index is 11.6. The molecule has 0 unspecified atom stereocenters. The molecule has 0 aliphatic carbocycles. The van der Waals surface area contributed by atoms with Crippen molar-refractivity contribution in [3.63, 3.8) is 0 Å². The molecule has 2 rings (SSSR count). The number of carbonyl (C=O) groups is 1. The minimum atomic E-state index is -0.981. The number of halogens is 1. The fraction of sp³-hybridized carbons (Fsp3) is 0.562. The second-order valence-electron chi connectivity index (χ2n) is 5.84. The molecule has 1 heterocycles. The predicted molar refractivity (Wildman–Crippen MR) is 82.3 cm³/mol. The van der Waals surface area contributed by atoms with Gasteiger partial charge in [0.15, 0.2) is 0 Å². The number of β-amino-alcohol motifs (C(OH)–C–C–N with tert-alkyl or cyclic N) is 1. The number of piperidine rings is 1. The molecule has 0 bridgehead atoms. The number of likely N-dealkylation sites (tertiary alicyclic amines) is 1. The molecule has 5 heteroatoms. The highest BCUT2D eigenvalue weighted by Gasteiger charge is 2.47. The summed E-state index contributed by atoms with van der Waals surface area (Å²) in [5, 5.41) is 20.6. The van der Waals surface area contributed by atoms with Gasteiger partial charge < -0.3 is 10.2 Å². The first kappa shape index (κ1) is 16.3. The lowest BCUT2D eigenvalue weighted by Crippen LogP contribution is -2.54. The van der Waals surface area contributed by atoms with Crippen molar-refractivity contribution >= 4 is 17.6 Å². The molecule has 0 amide bonds. The van der Waals surface area contributed by atoms with E-state index in [1.165, 1.54) is 0 Å². The van der Waals surface area contributed by atoms with E-state index in [9.17, 15) is 15.0 Å². The van der Waals surface area contributed by atoms with Crippen LogP contribution in [0.2, 0.25) is 5.02 Å². The van der Waals surface area contributed by atoms with Crippen molar-refractivity contribution in [2.75, 3.05) is 13.1 Å². The number of hydrogen-bond donors (Lipinski definition) is 2. The van der Waals surface area contributed by atoms with Gasteiger partial charge in [-0.2, -0.15) is 0 Å². The van der Waals surface area contributed by atoms with Gasteiger partial charge in [-0.05, 0) is 37.1 Å². The van der Waals surface area contributed by atoms with E-state index in [-0.39, 0.29) is 0 Å². The summed E-state index contributed by atoms with van der Waals surface area (Å²) in [6.07, 6.45) is 0.958. The summed E-state index contributed by atoms with van der Waals surface area (Å²) in [6.45, 7) is 3.74. The average molecular weight is 312 g/mol. The number of benzene rings is 1. The molecule has 0 radical (unpaired) electrons. The van der Waals surface area contributed by atoms with Crippen molar-refractivity contribution in [2.45, 2.75) is 38.8 Å². The van der Waals surface area contributed by atoms with Crippen LogP contribution in [0.4, 0.5) is 0 Å². The normalized spacial score (nSPS) is 26.7. The standard InChI is InChI=1S/C16H22ClNO3/c1-2-7-16(15(20)21)8-9-18(11-14(16)19)10-12-3-5-13(17)6-4-12/h3-6,14,19H,2,7-11H2,1H3,(H,20,21)/t14-,16-/m0/s1. The minimum Gasteiger partial charge on any atom is -0.481 e. The number of carboxylic acid groups (broad SMARTS) is 1. The van der Waals surface area contributed by atoms with Gasteiger partial charge in [0.05, 0.1) is 11.5 Å². The molecular formula is C16H22ClNO3. The Morgan fingerprint density at radius 3 is 2.62 bits per heavy atom. The first-order valence-corrected chi connectivity index (χ1v) is 7.74. The van der Waals surface area contributed by atoms with Gasteiger partial charge in [-0.1, -0.05) is 37.1 Å². The Balaban J connectivity index is 2.02. The van der Waals surface area contributed by atoms with E-state index < -0.39 is 17.5 Å². The molecule has 1 aromatic carbocycles. The van der Waals surface area contributed by atoms with E-state index in [1.54, 1.807) is 0 Å². The maximum Gasteiger partial charge on any atom is 0.312 e. The van der Waals surface area contributed by atoms with Gasteiger partial charge in [0.2, 0.25) is 0 Å². The summed E-state index contributed by atoms with van der Waals surface area (Å²) in [4.78, 5) is 13.7. The molecule has 0 saturated carbocycles. The number of hydrogen-bond acceptors (Lipinski definition) is 3. The molecule has 4 nitrogen and oxygen atoms in total. The Hall–Kier alpha value is -1.10. The Kier molecular flexibility index (Phi) is 5.25. The molecule has 1 aromatic rings. The van der Waals surface area contributed by atoms with Crippen LogP contribution in [0.15, 0.2) is 24.3 Å². The van der Waals surface area contributed by atoms with Crippen LogP contribution in [0.5, 0.6) is 0 Å². The van der Waals surface area contributed by atoms with E-state index in [1.807, 2.05) is 31.2 Å². The number of aliphatic hydroxyl groups excluding tert-OH is 1. The lowest BCUT2D eigenvalue weighted by molar-refractivity contribution is -0.164. The molecule has 1 aliphatic rings. The van der Waals surface area contributed by atoms with Gasteiger partial charge in [0, 0.05) is 18.1 Å². The largest absolute Gasteiger partial charge is 0.481 e. The SMILES string of the molecule is CCC[C@]1(C(=O)O)CCN(Cc2ccc(Cl)cc2)C[C@@H]1O. The van der Waals surface area contributed by atoms with Crippen LogP contribution in [0.3, 0.4) is 0 Å². The average Bonchev–Trinajstić information content (AvgIpc) is 2.44. The Labute approximate surface area is 130 Å². The smallest absolute Gasteiger partial charge is 0.312 e. The number of aliphatic carboxylic acids is 1. The monoisotopic (exact) mass is 311 g/mol. The van der Waals surface area contributed by atoms with Gasteiger partial charge in [-0.3, -0.25) is 9.69 Å². The second-order valence-corrected chi connectivity index (χ2v) is 6.28. The van der Waals surface area contributed by atoms with Crippen LogP contribution in [-0.2, 0) is 11.3 Å². The highest BCUT2D eigenvalue weighted by molar-refractivity contribution is 6.30. The number of carboxylic acids is 1. The van der Waals surface area contributed by atoms with Crippen LogP contribution in [0.25, 0.3) is 0 Å². The fourth-order valence-electron chi connectivity index (χ4n) is 3.12. The molecule has 1 saturated heterocycles. The Morgan fingerprint density at radius 1 is 1.43 bits per heavy atom. The summed E-state index contributed by atoms with van der Waals surface area (Å²) in [7, 11) is 0. The van der Waals surface area contributed by atoms with Crippen molar-refractivity contribution in [1.29, 1.82) is 0 Å². The zero-order chi connectivity index (χ0) is 15.5. The van der Waals surface area contributed by atoms with Crippen LogP contribution < -0.4 is 0 Å². The summed E-state index contributed by atoms with van der Waals surface area (Å²) < 4.78 is 0. The number of nitrogens with zero attached hydrogens (tertiary/aromatic N) is 1. The summed E-state index contributed by atoms with van der Waals surface area (Å²) in [6, 6.07) is 7.60. The van der Waals surface area contributed by atoms with E-state index >= 15 is 0 Å². The predicted octanol–water partition coefficient (Wildman–Crippen LogP) is 2.78. The van der Waals surface area contributed by atoms with Gasteiger partial charge in [0.25, 0.3) is 0 Å². The summed E-state index contributed by atoms with van der Waals surface area (Å²) in [5.41, 5.74) is 0.135. The van der Waals surface area contributed by atoms with Crippen LogP contribution >= 0.6 is 11.6 Å². The molecule has 1 fully saturated rings. The van der Waals surface area contributed by atoms with E-state index in [0.717, 1.165) is 12.0 Å². The van der Waals surface area contributed by atoms with Crippen molar-refractivity contribution < 1.29 is 15.0 Å². The third-order valence-electron chi connectivity index (χ3n) is 4.38. The maximum atomic E-state index is 11.6. The third-order valence-corrected chi connectivity index (χ3v) is 4.64. The highest BCUT2D eigenvalue weighted by atomic mass is 35.5. The molecule has 0 aromatic heterocycles. The molecule has 116 valence electrons. The lowest BCUT2D eigenvalue weighted by atomic mass is 9.73. The third kappa shape index (κ3) is 3.57. The fourth-order valence-corrected chi connectivity index (χ4v) is 3.25. The quantitative estimate of drug-likeness (QED) is 0.878. The Morgan fingerprint density at radius 2 is 2.10 bits per heavy atom. The lowest BCUT2D eigenvalue weighted by Gasteiger charge is -2.42. The van der Waals surface area contributed by atoms with Crippen molar-refractivity contribution in [3.05, 3.63) is 34.9 Å². The van der Waals surface area contributed by atoms with Crippen LogP contribution in [0.1, 0.15) is 31.7 Å². The second kappa shape index (κ2) is 6.77. The van der Waals surface area contributed by atoms with Crippen LogP contribution in [-0.4, -0.2) is 40.3 Å². The molecule has 2 atom stereocenters. The molecule has 1 aliphatic heterocycles. The molecule has 21 heavy (non-hydrogen) atoms. The minimum absolute atomic E-state index is 0.398. The highest BCUT2D eigenvalue weighted by Crippen LogP contribution is 2.37. The van der Waals surface area contributed by atoms with Gasteiger partial charge >= 0.3 is 5.97 Å². The number of rotatable bonds is 5. The molecular weight excluding hydrogens is 290 g/mol. The zero-order valence-electron chi connectivity index (χ0n) is 12.3. The summed E-state index contributed by atoms with van der Waals surface area (Å²) in [5.74, 6) is -0.872. The molecule has 0 spiro atoms. The number of aliphatic hydroxyl groups is 1. The first-order valence-electron chi connectivity index (χ1n) is 7.36.